The van der Waals surface area contributed by atoms with E-state index in [0.717, 1.165) is 24.6 Å². The van der Waals surface area contributed by atoms with E-state index < -0.39 is 0 Å². The van der Waals surface area contributed by atoms with Gasteiger partial charge in [-0.3, -0.25) is 0 Å². The minimum atomic E-state index is -0.00181. The molecule has 0 aliphatic carbocycles. The molecule has 0 unspecified atom stereocenters. The molecule has 4 nitrogen and oxygen atoms in total. The second-order valence-corrected chi connectivity index (χ2v) is 6.61. The molecule has 2 aromatic carbocycles. The van der Waals surface area contributed by atoms with E-state index in [9.17, 15) is 0 Å². The molecule has 0 bridgehead atoms. The van der Waals surface area contributed by atoms with Crippen molar-refractivity contribution in [3.8, 4) is 6.07 Å². The summed E-state index contributed by atoms with van der Waals surface area (Å²) in [7, 11) is 0. The van der Waals surface area contributed by atoms with E-state index in [1.54, 1.807) is 6.07 Å². The summed E-state index contributed by atoms with van der Waals surface area (Å²) < 4.78 is 0. The normalized spacial score (nSPS) is 11.7. The van der Waals surface area contributed by atoms with Crippen molar-refractivity contribution in [2.45, 2.75) is 32.7 Å². The highest BCUT2D eigenvalue weighted by molar-refractivity contribution is 5.79. The maximum atomic E-state index is 9.00. The summed E-state index contributed by atoms with van der Waals surface area (Å²) in [4.78, 5) is 4.64. The molecule has 0 atom stereocenters. The number of guanidine groups is 1. The fourth-order valence-electron chi connectivity index (χ4n) is 2.55. The molecule has 0 aliphatic heterocycles. The SMILES string of the molecule is CCNC(=NCc1cccc(C#N)c1)NCC(C)(C)c1ccccc1. The number of hydrogen-bond acceptors (Lipinski definition) is 2. The lowest BCUT2D eigenvalue weighted by molar-refractivity contribution is 0.508. The second kappa shape index (κ2) is 8.89. The highest BCUT2D eigenvalue weighted by atomic mass is 15.2. The largest absolute Gasteiger partial charge is 0.357 e. The topological polar surface area (TPSA) is 60.2 Å². The fourth-order valence-corrected chi connectivity index (χ4v) is 2.55. The maximum Gasteiger partial charge on any atom is 0.191 e. The monoisotopic (exact) mass is 334 g/mol. The Morgan fingerprint density at radius 1 is 1.08 bits per heavy atom. The molecular weight excluding hydrogens is 308 g/mol. The molecule has 2 rings (SSSR count). The van der Waals surface area contributed by atoms with Gasteiger partial charge in [0, 0.05) is 18.5 Å². The number of rotatable bonds is 6. The third-order valence-electron chi connectivity index (χ3n) is 4.07. The van der Waals surface area contributed by atoms with Crippen molar-refractivity contribution in [3.63, 3.8) is 0 Å². The van der Waals surface area contributed by atoms with Gasteiger partial charge in [-0.1, -0.05) is 56.3 Å². The molecule has 25 heavy (non-hydrogen) atoms. The number of benzene rings is 2. The van der Waals surface area contributed by atoms with Crippen LogP contribution in [0.15, 0.2) is 59.6 Å². The smallest absolute Gasteiger partial charge is 0.191 e. The van der Waals surface area contributed by atoms with Gasteiger partial charge in [-0.2, -0.15) is 5.26 Å². The first-order valence-corrected chi connectivity index (χ1v) is 8.62. The molecule has 0 aromatic heterocycles. The van der Waals surface area contributed by atoms with Crippen LogP contribution in [-0.4, -0.2) is 19.0 Å². The first-order chi connectivity index (χ1) is 12.0. The predicted molar refractivity (Wildman–Crippen MR) is 103 cm³/mol. The third-order valence-corrected chi connectivity index (χ3v) is 4.07. The number of nitriles is 1. The molecular formula is C21H26N4. The van der Waals surface area contributed by atoms with Crippen LogP contribution < -0.4 is 10.6 Å². The average Bonchev–Trinajstić information content (AvgIpc) is 2.65. The standard InChI is InChI=1S/C21H26N4/c1-4-23-20(24-15-18-10-8-9-17(13-18)14-22)25-16-21(2,3)19-11-6-5-7-12-19/h5-13H,4,15-16H2,1-3H3,(H2,23,24,25). The molecule has 0 saturated heterocycles. The molecule has 0 fully saturated rings. The minimum Gasteiger partial charge on any atom is -0.357 e. The molecule has 0 aliphatic rings. The van der Waals surface area contributed by atoms with Crippen LogP contribution >= 0.6 is 0 Å². The zero-order chi connectivity index (χ0) is 18.1. The Labute approximate surface area is 150 Å². The van der Waals surface area contributed by atoms with Crippen molar-refractivity contribution >= 4 is 5.96 Å². The highest BCUT2D eigenvalue weighted by Crippen LogP contribution is 2.21. The van der Waals surface area contributed by atoms with E-state index in [0.29, 0.717) is 12.1 Å². The first kappa shape index (κ1) is 18.5. The maximum absolute atomic E-state index is 9.00. The van der Waals surface area contributed by atoms with Crippen LogP contribution in [0.1, 0.15) is 37.5 Å². The van der Waals surface area contributed by atoms with E-state index in [4.69, 9.17) is 5.26 Å². The molecule has 130 valence electrons. The summed E-state index contributed by atoms with van der Waals surface area (Å²) in [6, 6.07) is 20.2. The van der Waals surface area contributed by atoms with Gasteiger partial charge in [0.15, 0.2) is 5.96 Å². The van der Waals surface area contributed by atoms with Gasteiger partial charge in [-0.25, -0.2) is 4.99 Å². The van der Waals surface area contributed by atoms with Crippen LogP contribution in [0.2, 0.25) is 0 Å². The van der Waals surface area contributed by atoms with Crippen LogP contribution in [0, 0.1) is 11.3 Å². The van der Waals surface area contributed by atoms with Crippen molar-refractivity contribution in [3.05, 3.63) is 71.3 Å². The van der Waals surface area contributed by atoms with E-state index in [1.807, 2.05) is 24.3 Å². The summed E-state index contributed by atoms with van der Waals surface area (Å²) >= 11 is 0. The number of aliphatic imine (C=N–C) groups is 1. The quantitative estimate of drug-likeness (QED) is 0.627. The fraction of sp³-hybridized carbons (Fsp3) is 0.333. The van der Waals surface area contributed by atoms with Gasteiger partial charge in [-0.15, -0.1) is 0 Å². The van der Waals surface area contributed by atoms with E-state index in [1.165, 1.54) is 5.56 Å². The Morgan fingerprint density at radius 2 is 1.84 bits per heavy atom. The summed E-state index contributed by atoms with van der Waals surface area (Å²) in [5, 5.41) is 15.7. The number of nitrogens with zero attached hydrogens (tertiary/aromatic N) is 2. The van der Waals surface area contributed by atoms with E-state index >= 15 is 0 Å². The lowest BCUT2D eigenvalue weighted by Gasteiger charge is -2.26. The zero-order valence-electron chi connectivity index (χ0n) is 15.2. The number of hydrogen-bond donors (Lipinski definition) is 2. The van der Waals surface area contributed by atoms with Crippen molar-refractivity contribution in [2.75, 3.05) is 13.1 Å². The van der Waals surface area contributed by atoms with Crippen LogP contribution in [-0.2, 0) is 12.0 Å². The van der Waals surface area contributed by atoms with E-state index in [2.05, 4.69) is 66.7 Å². The van der Waals surface area contributed by atoms with Gasteiger partial charge < -0.3 is 10.6 Å². The van der Waals surface area contributed by atoms with Gasteiger partial charge in [0.25, 0.3) is 0 Å². The molecule has 0 spiro atoms. The molecule has 0 saturated carbocycles. The molecule has 2 aromatic rings. The molecule has 2 N–H and O–H groups in total. The number of nitrogens with one attached hydrogen (secondary N) is 2. The molecule has 4 heteroatoms. The van der Waals surface area contributed by atoms with Gasteiger partial charge in [0.1, 0.15) is 0 Å². The average molecular weight is 334 g/mol. The van der Waals surface area contributed by atoms with Crippen molar-refractivity contribution in [2.24, 2.45) is 4.99 Å². The minimum absolute atomic E-state index is 0.00181. The van der Waals surface area contributed by atoms with Crippen LogP contribution in [0.3, 0.4) is 0 Å². The Morgan fingerprint density at radius 3 is 2.52 bits per heavy atom. The molecule has 0 amide bonds. The lowest BCUT2D eigenvalue weighted by Crippen LogP contribution is -2.43. The van der Waals surface area contributed by atoms with Crippen LogP contribution in [0.5, 0.6) is 0 Å². The Balaban J connectivity index is 2.03. The van der Waals surface area contributed by atoms with Gasteiger partial charge >= 0.3 is 0 Å². The summed E-state index contributed by atoms with van der Waals surface area (Å²) in [5.74, 6) is 0.786. The van der Waals surface area contributed by atoms with Crippen molar-refractivity contribution < 1.29 is 0 Å². The third kappa shape index (κ3) is 5.65. The van der Waals surface area contributed by atoms with Gasteiger partial charge in [0.2, 0.25) is 0 Å². The van der Waals surface area contributed by atoms with E-state index in [-0.39, 0.29) is 5.41 Å². The summed E-state index contributed by atoms with van der Waals surface area (Å²) in [6.45, 7) is 8.61. The van der Waals surface area contributed by atoms with Gasteiger partial charge in [0.05, 0.1) is 18.2 Å². The Kier molecular flexibility index (Phi) is 6.59. The Bertz CT molecular complexity index is 742. The van der Waals surface area contributed by atoms with Crippen molar-refractivity contribution in [1.82, 2.24) is 10.6 Å². The lowest BCUT2D eigenvalue weighted by atomic mass is 9.85. The summed E-state index contributed by atoms with van der Waals surface area (Å²) in [5.41, 5.74) is 2.98. The van der Waals surface area contributed by atoms with Crippen LogP contribution in [0.25, 0.3) is 0 Å². The van der Waals surface area contributed by atoms with Gasteiger partial charge in [-0.05, 0) is 30.2 Å². The molecule has 0 heterocycles. The van der Waals surface area contributed by atoms with Crippen molar-refractivity contribution in [1.29, 1.82) is 5.26 Å². The summed E-state index contributed by atoms with van der Waals surface area (Å²) in [6.07, 6.45) is 0. The highest BCUT2D eigenvalue weighted by Gasteiger charge is 2.20. The van der Waals surface area contributed by atoms with Crippen LogP contribution in [0.4, 0.5) is 0 Å². The predicted octanol–water partition coefficient (Wildman–Crippen LogP) is 3.59. The first-order valence-electron chi connectivity index (χ1n) is 8.62. The zero-order valence-corrected chi connectivity index (χ0v) is 15.2. The molecule has 0 radical (unpaired) electrons. The Hall–Kier alpha value is -2.80. The second-order valence-electron chi connectivity index (χ2n) is 6.61.